The number of carbonyl (C=O) groups excluding carboxylic acids is 1. The number of rotatable bonds is 2. The highest BCUT2D eigenvalue weighted by Crippen LogP contribution is 2.18. The van der Waals surface area contributed by atoms with Gasteiger partial charge in [0.2, 0.25) is 0 Å². The van der Waals surface area contributed by atoms with Crippen molar-refractivity contribution in [1.82, 2.24) is 24.5 Å². The van der Waals surface area contributed by atoms with Gasteiger partial charge in [0.25, 0.3) is 0 Å². The van der Waals surface area contributed by atoms with Gasteiger partial charge in [-0.25, -0.2) is 9.78 Å². The lowest BCUT2D eigenvalue weighted by Crippen LogP contribution is -2.50. The van der Waals surface area contributed by atoms with Crippen molar-refractivity contribution in [3.63, 3.8) is 0 Å². The molecule has 1 saturated heterocycles. The molecule has 124 valence electrons. The molecule has 2 amide bonds. The molecule has 0 aromatic carbocycles. The van der Waals surface area contributed by atoms with E-state index in [0.29, 0.717) is 13.1 Å². The number of amides is 2. The minimum Gasteiger partial charge on any atom is -0.352 e. The highest BCUT2D eigenvalue weighted by atomic mass is 32.1. The molecule has 3 aromatic heterocycles. The van der Waals surface area contributed by atoms with Crippen LogP contribution in [0.3, 0.4) is 0 Å². The van der Waals surface area contributed by atoms with E-state index in [1.165, 1.54) is 0 Å². The maximum Gasteiger partial charge on any atom is 0.321 e. The number of anilines is 2. The summed E-state index contributed by atoms with van der Waals surface area (Å²) in [5.74, 6) is 1.63. The van der Waals surface area contributed by atoms with Crippen LogP contribution < -0.4 is 10.2 Å². The van der Waals surface area contributed by atoms with Gasteiger partial charge in [-0.2, -0.15) is 15.9 Å². The third-order valence-electron chi connectivity index (χ3n) is 4.00. The number of aromatic nitrogens is 4. The molecule has 4 rings (SSSR count). The van der Waals surface area contributed by atoms with Crippen LogP contribution in [0.4, 0.5) is 16.3 Å². The summed E-state index contributed by atoms with van der Waals surface area (Å²) in [6.45, 7) is 4.64. The Balaban J connectivity index is 1.44. The number of carbonyl (C=O) groups is 1. The van der Waals surface area contributed by atoms with Crippen molar-refractivity contribution in [3.8, 4) is 0 Å². The van der Waals surface area contributed by atoms with E-state index in [4.69, 9.17) is 0 Å². The predicted octanol–water partition coefficient (Wildman–Crippen LogP) is 1.85. The van der Waals surface area contributed by atoms with Gasteiger partial charge < -0.3 is 15.1 Å². The fraction of sp³-hybridized carbons (Fsp3) is 0.333. The number of nitrogens with one attached hydrogen (secondary N) is 1. The Labute approximate surface area is 142 Å². The van der Waals surface area contributed by atoms with Crippen LogP contribution in [0.25, 0.3) is 5.65 Å². The molecule has 0 saturated carbocycles. The van der Waals surface area contributed by atoms with Crippen molar-refractivity contribution in [1.29, 1.82) is 0 Å². The summed E-state index contributed by atoms with van der Waals surface area (Å²) >= 11 is 1.56. The first kappa shape index (κ1) is 14.9. The number of urea groups is 1. The highest BCUT2D eigenvalue weighted by molar-refractivity contribution is 7.08. The highest BCUT2D eigenvalue weighted by Gasteiger charge is 2.23. The minimum atomic E-state index is -0.0546. The molecule has 8 nitrogen and oxygen atoms in total. The van der Waals surface area contributed by atoms with Crippen LogP contribution in [-0.2, 0) is 0 Å². The van der Waals surface area contributed by atoms with Crippen LogP contribution in [0, 0.1) is 6.92 Å². The summed E-state index contributed by atoms with van der Waals surface area (Å²) in [6, 6.07) is 1.85. The molecule has 1 aliphatic heterocycles. The van der Waals surface area contributed by atoms with Gasteiger partial charge in [-0.15, -0.1) is 5.10 Å². The van der Waals surface area contributed by atoms with Crippen molar-refractivity contribution in [2.24, 2.45) is 0 Å². The molecule has 1 N–H and O–H groups in total. The number of hydrogen-bond acceptors (Lipinski definition) is 6. The van der Waals surface area contributed by atoms with E-state index < -0.39 is 0 Å². The molecule has 0 aliphatic carbocycles. The molecule has 4 heterocycles. The molecule has 1 aliphatic rings. The van der Waals surface area contributed by atoms with E-state index in [2.05, 4.69) is 25.3 Å². The van der Waals surface area contributed by atoms with E-state index in [-0.39, 0.29) is 6.03 Å². The maximum atomic E-state index is 12.3. The molecule has 1 fully saturated rings. The standard InChI is InChI=1S/C15H17N7OS/c1-11-17-13-8-16-9-14(22(13)19-11)20-3-5-21(6-4-20)15(23)18-12-2-7-24-10-12/h2,7-10H,3-6H2,1H3,(H,18,23). The van der Waals surface area contributed by atoms with Crippen LogP contribution in [0.1, 0.15) is 5.82 Å². The number of aryl methyl sites for hydroxylation is 1. The van der Waals surface area contributed by atoms with Gasteiger partial charge >= 0.3 is 6.03 Å². The molecule has 9 heteroatoms. The van der Waals surface area contributed by atoms with Crippen molar-refractivity contribution >= 4 is 34.5 Å². The van der Waals surface area contributed by atoms with Gasteiger partial charge in [-0.05, 0) is 18.4 Å². The number of fused-ring (bicyclic) bond motifs is 1. The lowest BCUT2D eigenvalue weighted by molar-refractivity contribution is 0.208. The molecule has 0 radical (unpaired) electrons. The molecular weight excluding hydrogens is 326 g/mol. The number of piperazine rings is 1. The summed E-state index contributed by atoms with van der Waals surface area (Å²) in [5.41, 5.74) is 1.59. The Morgan fingerprint density at radius 3 is 2.83 bits per heavy atom. The van der Waals surface area contributed by atoms with Crippen LogP contribution in [0.2, 0.25) is 0 Å². The van der Waals surface area contributed by atoms with Gasteiger partial charge in [0.05, 0.1) is 18.1 Å². The predicted molar refractivity (Wildman–Crippen MR) is 92.6 cm³/mol. The van der Waals surface area contributed by atoms with Crippen molar-refractivity contribution in [2.75, 3.05) is 36.4 Å². The van der Waals surface area contributed by atoms with Crippen LogP contribution in [0.5, 0.6) is 0 Å². The SMILES string of the molecule is Cc1nc2cncc(N3CCN(C(=O)Nc4ccsc4)CC3)n2n1. The van der Waals surface area contributed by atoms with E-state index in [0.717, 1.165) is 36.1 Å². The van der Waals surface area contributed by atoms with Crippen molar-refractivity contribution < 1.29 is 4.79 Å². The zero-order chi connectivity index (χ0) is 16.5. The van der Waals surface area contributed by atoms with Crippen LogP contribution >= 0.6 is 11.3 Å². The van der Waals surface area contributed by atoms with Gasteiger partial charge in [0, 0.05) is 31.6 Å². The first-order valence-corrected chi connectivity index (χ1v) is 8.65. The molecule has 0 atom stereocenters. The Morgan fingerprint density at radius 2 is 2.08 bits per heavy atom. The summed E-state index contributed by atoms with van der Waals surface area (Å²) in [6.07, 6.45) is 3.50. The van der Waals surface area contributed by atoms with Gasteiger partial charge in [0.15, 0.2) is 11.5 Å². The fourth-order valence-corrected chi connectivity index (χ4v) is 3.39. The number of thiophene rings is 1. The first-order valence-electron chi connectivity index (χ1n) is 7.71. The second-order valence-electron chi connectivity index (χ2n) is 5.61. The first-order chi connectivity index (χ1) is 11.7. The fourth-order valence-electron chi connectivity index (χ4n) is 2.80. The van der Waals surface area contributed by atoms with Gasteiger partial charge in [0.1, 0.15) is 5.82 Å². The van der Waals surface area contributed by atoms with Crippen LogP contribution in [0.15, 0.2) is 29.2 Å². The Bertz CT molecular complexity index is 852. The second-order valence-corrected chi connectivity index (χ2v) is 6.39. The topological polar surface area (TPSA) is 78.7 Å². The maximum absolute atomic E-state index is 12.3. The molecule has 3 aromatic rings. The summed E-state index contributed by atoms with van der Waals surface area (Å²) in [7, 11) is 0. The van der Waals surface area contributed by atoms with Gasteiger partial charge in [-0.1, -0.05) is 0 Å². The molecule has 0 bridgehead atoms. The zero-order valence-corrected chi connectivity index (χ0v) is 14.0. The Kier molecular flexibility index (Phi) is 3.77. The van der Waals surface area contributed by atoms with Crippen molar-refractivity contribution in [3.05, 3.63) is 35.0 Å². The normalized spacial score (nSPS) is 15.0. The number of nitrogens with zero attached hydrogens (tertiary/aromatic N) is 6. The third kappa shape index (κ3) is 2.78. The van der Waals surface area contributed by atoms with E-state index in [1.807, 2.05) is 33.2 Å². The Hall–Kier alpha value is -2.68. The smallest absolute Gasteiger partial charge is 0.321 e. The average molecular weight is 343 g/mol. The lowest BCUT2D eigenvalue weighted by Gasteiger charge is -2.35. The minimum absolute atomic E-state index is 0.0546. The average Bonchev–Trinajstić information content (AvgIpc) is 3.23. The monoisotopic (exact) mass is 343 g/mol. The van der Waals surface area contributed by atoms with E-state index >= 15 is 0 Å². The second kappa shape index (κ2) is 6.08. The van der Waals surface area contributed by atoms with Crippen LogP contribution in [-0.4, -0.2) is 56.7 Å². The molecular formula is C15H17N7OS. The summed E-state index contributed by atoms with van der Waals surface area (Å²) in [5, 5.41) is 11.2. The number of hydrogen-bond donors (Lipinski definition) is 1. The van der Waals surface area contributed by atoms with Crippen molar-refractivity contribution in [2.45, 2.75) is 6.92 Å². The zero-order valence-electron chi connectivity index (χ0n) is 13.2. The third-order valence-corrected chi connectivity index (χ3v) is 4.68. The lowest BCUT2D eigenvalue weighted by atomic mass is 10.3. The summed E-state index contributed by atoms with van der Waals surface area (Å²) in [4.78, 5) is 24.9. The molecule has 0 spiro atoms. The van der Waals surface area contributed by atoms with Gasteiger partial charge in [-0.3, -0.25) is 4.98 Å². The van der Waals surface area contributed by atoms with E-state index in [1.54, 1.807) is 23.7 Å². The quantitative estimate of drug-likeness (QED) is 0.768. The summed E-state index contributed by atoms with van der Waals surface area (Å²) < 4.78 is 1.81. The van der Waals surface area contributed by atoms with E-state index in [9.17, 15) is 4.79 Å². The molecule has 0 unspecified atom stereocenters. The largest absolute Gasteiger partial charge is 0.352 e. The molecule has 24 heavy (non-hydrogen) atoms. The Morgan fingerprint density at radius 1 is 1.25 bits per heavy atom.